The second-order valence-electron chi connectivity index (χ2n) is 6.47. The van der Waals surface area contributed by atoms with E-state index in [4.69, 9.17) is 9.15 Å². The molecule has 0 atom stereocenters. The van der Waals surface area contributed by atoms with Crippen LogP contribution in [0, 0.1) is 0 Å². The summed E-state index contributed by atoms with van der Waals surface area (Å²) in [5.41, 5.74) is -1.15. The van der Waals surface area contributed by atoms with E-state index >= 15 is 0 Å². The Balaban J connectivity index is 2.28. The first-order chi connectivity index (χ1) is 13.1. The average Bonchev–Trinajstić information content (AvgIpc) is 2.60. The molecule has 0 unspecified atom stereocenters. The largest absolute Gasteiger partial charge is 0.507 e. The Hall–Kier alpha value is -2.52. The molecule has 2 N–H and O–H groups in total. The maximum Gasteiger partial charge on any atom is 0.453 e. The van der Waals surface area contributed by atoms with Crippen LogP contribution in [-0.2, 0) is 12.7 Å². The lowest BCUT2D eigenvalue weighted by molar-refractivity contribution is -0.872. The van der Waals surface area contributed by atoms with Gasteiger partial charge in [0, 0.05) is 4.47 Å². The van der Waals surface area contributed by atoms with Crippen LogP contribution in [0.1, 0.15) is 11.3 Å². The summed E-state index contributed by atoms with van der Waals surface area (Å²) in [5.74, 6) is -2.69. The molecule has 0 spiro atoms. The lowest BCUT2D eigenvalue weighted by Gasteiger charge is -2.16. The molecule has 1 aromatic heterocycles. The highest BCUT2D eigenvalue weighted by molar-refractivity contribution is 9.10. The standard InChI is InChI=1S/C19H15BrF3NO4/c1-24(2)9-13-14(25)8-7-12-15(26)17(18(19(21,22)23)28-16(12)13)27-11-5-3-10(20)4-6-11/h3-8,25H,9H2,1-2H3/p+1. The number of aromatic hydroxyl groups is 1. The van der Waals surface area contributed by atoms with Gasteiger partial charge in [0.2, 0.25) is 11.2 Å². The smallest absolute Gasteiger partial charge is 0.453 e. The van der Waals surface area contributed by atoms with Crippen molar-refractivity contribution in [3.8, 4) is 17.2 Å². The number of hydrogen-bond acceptors (Lipinski definition) is 4. The summed E-state index contributed by atoms with van der Waals surface area (Å²) in [6.45, 7) is 0.163. The van der Waals surface area contributed by atoms with Crippen LogP contribution >= 0.6 is 15.9 Å². The number of quaternary nitrogens is 1. The minimum Gasteiger partial charge on any atom is -0.507 e. The quantitative estimate of drug-likeness (QED) is 0.625. The van der Waals surface area contributed by atoms with Gasteiger partial charge in [0.25, 0.3) is 5.76 Å². The summed E-state index contributed by atoms with van der Waals surface area (Å²) in [5, 5.41) is 9.98. The number of alkyl halides is 3. The highest BCUT2D eigenvalue weighted by Crippen LogP contribution is 2.39. The fraction of sp³-hybridized carbons (Fsp3) is 0.211. The van der Waals surface area contributed by atoms with Crippen molar-refractivity contribution in [3.63, 3.8) is 0 Å². The van der Waals surface area contributed by atoms with Crippen molar-refractivity contribution in [2.75, 3.05) is 14.1 Å². The second-order valence-corrected chi connectivity index (χ2v) is 7.38. The van der Waals surface area contributed by atoms with Crippen LogP contribution in [0.5, 0.6) is 17.2 Å². The molecule has 0 saturated carbocycles. The number of phenolic OH excluding ortho intramolecular Hbond substituents is 1. The molecule has 0 amide bonds. The second kappa shape index (κ2) is 7.48. The fourth-order valence-corrected chi connectivity index (χ4v) is 2.98. The highest BCUT2D eigenvalue weighted by atomic mass is 79.9. The molecule has 3 rings (SSSR count). The summed E-state index contributed by atoms with van der Waals surface area (Å²) in [6.07, 6.45) is -4.97. The molecule has 9 heteroatoms. The number of halogens is 4. The van der Waals surface area contributed by atoms with Crippen LogP contribution in [0.15, 0.2) is 50.1 Å². The van der Waals surface area contributed by atoms with Gasteiger partial charge in [-0.05, 0) is 36.4 Å². The molecule has 0 bridgehead atoms. The summed E-state index contributed by atoms with van der Waals surface area (Å²) in [4.78, 5) is 13.7. The van der Waals surface area contributed by atoms with Crippen molar-refractivity contribution in [1.29, 1.82) is 0 Å². The van der Waals surface area contributed by atoms with Gasteiger partial charge in [-0.3, -0.25) is 4.79 Å². The van der Waals surface area contributed by atoms with Crippen LogP contribution in [0.3, 0.4) is 0 Å². The minimum absolute atomic E-state index is 0.0529. The first-order valence-electron chi connectivity index (χ1n) is 8.19. The van der Waals surface area contributed by atoms with Crippen LogP contribution in [-0.4, -0.2) is 19.2 Å². The van der Waals surface area contributed by atoms with Crippen LogP contribution < -0.4 is 15.1 Å². The number of phenols is 1. The molecule has 0 aliphatic heterocycles. The van der Waals surface area contributed by atoms with Gasteiger partial charge in [-0.15, -0.1) is 0 Å². The van der Waals surface area contributed by atoms with Gasteiger partial charge in [-0.1, -0.05) is 15.9 Å². The number of rotatable bonds is 4. The van der Waals surface area contributed by atoms with E-state index in [-0.39, 0.29) is 34.6 Å². The Morgan fingerprint density at radius 2 is 1.79 bits per heavy atom. The molecule has 0 aliphatic carbocycles. The Morgan fingerprint density at radius 1 is 1.14 bits per heavy atom. The molecule has 0 fully saturated rings. The normalized spacial score (nSPS) is 12.0. The van der Waals surface area contributed by atoms with Gasteiger partial charge in [0.05, 0.1) is 25.0 Å². The minimum atomic E-state index is -4.97. The third-order valence-corrected chi connectivity index (χ3v) is 4.45. The van der Waals surface area contributed by atoms with E-state index in [1.165, 1.54) is 24.3 Å². The molecule has 28 heavy (non-hydrogen) atoms. The summed E-state index contributed by atoms with van der Waals surface area (Å²) in [7, 11) is 3.51. The predicted octanol–water partition coefficient (Wildman–Crippen LogP) is 3.72. The molecule has 0 saturated heterocycles. The van der Waals surface area contributed by atoms with E-state index in [1.54, 1.807) is 26.2 Å². The summed E-state index contributed by atoms with van der Waals surface area (Å²) >= 11 is 3.22. The Bertz CT molecular complexity index is 1080. The lowest BCUT2D eigenvalue weighted by atomic mass is 10.1. The highest BCUT2D eigenvalue weighted by Gasteiger charge is 2.41. The van der Waals surface area contributed by atoms with Crippen LogP contribution in [0.25, 0.3) is 11.0 Å². The van der Waals surface area contributed by atoms with Crippen molar-refractivity contribution < 1.29 is 32.3 Å². The number of fused-ring (bicyclic) bond motifs is 1. The zero-order valence-electron chi connectivity index (χ0n) is 14.9. The number of ether oxygens (including phenoxy) is 1. The SMILES string of the molecule is C[NH+](C)Cc1c(O)ccc2c(=O)c(Oc3ccc(Br)cc3)c(C(F)(F)F)oc12. The Morgan fingerprint density at radius 3 is 2.36 bits per heavy atom. The molecule has 0 radical (unpaired) electrons. The molecule has 1 heterocycles. The molecular weight excluding hydrogens is 443 g/mol. The van der Waals surface area contributed by atoms with E-state index in [0.717, 1.165) is 4.90 Å². The first-order valence-corrected chi connectivity index (χ1v) is 8.98. The maximum absolute atomic E-state index is 13.6. The topological polar surface area (TPSA) is 64.1 Å². The fourth-order valence-electron chi connectivity index (χ4n) is 2.71. The average molecular weight is 459 g/mol. The number of benzene rings is 2. The van der Waals surface area contributed by atoms with E-state index in [2.05, 4.69) is 15.9 Å². The Labute approximate surface area is 166 Å². The van der Waals surface area contributed by atoms with Gasteiger partial charge < -0.3 is 19.2 Å². The lowest BCUT2D eigenvalue weighted by Crippen LogP contribution is -3.04. The van der Waals surface area contributed by atoms with Gasteiger partial charge in [-0.2, -0.15) is 13.2 Å². The summed E-state index contributed by atoms with van der Waals surface area (Å²) < 4.78 is 52.0. The third-order valence-electron chi connectivity index (χ3n) is 3.92. The van der Waals surface area contributed by atoms with Crippen LogP contribution in [0.2, 0.25) is 0 Å². The van der Waals surface area contributed by atoms with E-state index in [0.29, 0.717) is 4.47 Å². The Kier molecular flexibility index (Phi) is 5.40. The van der Waals surface area contributed by atoms with Crippen molar-refractivity contribution in [2.24, 2.45) is 0 Å². The first kappa shape index (κ1) is 20.2. The molecule has 5 nitrogen and oxygen atoms in total. The molecular formula is C19H16BrF3NO4+. The molecule has 148 valence electrons. The third kappa shape index (κ3) is 4.00. The molecule has 2 aromatic carbocycles. The van der Waals surface area contributed by atoms with Gasteiger partial charge >= 0.3 is 6.18 Å². The van der Waals surface area contributed by atoms with Crippen molar-refractivity contribution in [1.82, 2.24) is 0 Å². The van der Waals surface area contributed by atoms with E-state index < -0.39 is 23.1 Å². The van der Waals surface area contributed by atoms with E-state index in [9.17, 15) is 23.1 Å². The predicted molar refractivity (Wildman–Crippen MR) is 99.9 cm³/mol. The van der Waals surface area contributed by atoms with Crippen LogP contribution in [0.4, 0.5) is 13.2 Å². The molecule has 0 aliphatic rings. The van der Waals surface area contributed by atoms with Gasteiger partial charge in [0.1, 0.15) is 18.0 Å². The zero-order chi connectivity index (χ0) is 20.6. The number of nitrogens with one attached hydrogen (secondary N) is 1. The maximum atomic E-state index is 13.6. The van der Waals surface area contributed by atoms with Gasteiger partial charge in [0.15, 0.2) is 5.58 Å². The van der Waals surface area contributed by atoms with Crippen molar-refractivity contribution >= 4 is 26.9 Å². The monoisotopic (exact) mass is 458 g/mol. The molecule has 3 aromatic rings. The van der Waals surface area contributed by atoms with Gasteiger partial charge in [-0.25, -0.2) is 0 Å². The van der Waals surface area contributed by atoms with Crippen molar-refractivity contribution in [3.05, 3.63) is 62.4 Å². The van der Waals surface area contributed by atoms with Crippen molar-refractivity contribution in [2.45, 2.75) is 12.7 Å². The summed E-state index contributed by atoms with van der Waals surface area (Å²) in [6, 6.07) is 8.47. The number of hydrogen-bond donors (Lipinski definition) is 2. The van der Waals surface area contributed by atoms with E-state index in [1.807, 2.05) is 0 Å². The zero-order valence-corrected chi connectivity index (χ0v) is 16.4.